The minimum absolute atomic E-state index is 0.0579. The largest absolute Gasteiger partial charge is 0.349 e. The summed E-state index contributed by atoms with van der Waals surface area (Å²) in [5, 5.41) is 3.74. The van der Waals surface area contributed by atoms with Crippen molar-refractivity contribution in [3.8, 4) is 0 Å². The van der Waals surface area contributed by atoms with Crippen LogP contribution in [0, 0.1) is 5.92 Å². The van der Waals surface area contributed by atoms with Crippen molar-refractivity contribution in [1.29, 1.82) is 0 Å². The summed E-state index contributed by atoms with van der Waals surface area (Å²) in [5.74, 6) is -0.479. The van der Waals surface area contributed by atoms with E-state index in [1.165, 1.54) is 23.4 Å². The number of benzene rings is 2. The monoisotopic (exact) mass is 462 g/mol. The normalized spacial score (nSPS) is 16.6. The number of hydrogen-bond donors (Lipinski definition) is 1. The van der Waals surface area contributed by atoms with E-state index < -0.39 is 10.0 Å². The molecule has 1 saturated heterocycles. The van der Waals surface area contributed by atoms with Crippen LogP contribution in [0.5, 0.6) is 0 Å². The van der Waals surface area contributed by atoms with Crippen molar-refractivity contribution in [3.05, 3.63) is 64.7 Å². The number of carbonyl (C=O) groups excluding carboxylic acids is 2. The van der Waals surface area contributed by atoms with Crippen molar-refractivity contribution in [2.45, 2.75) is 44.0 Å². The predicted octanol–water partition coefficient (Wildman–Crippen LogP) is 4.21. The number of sulfonamides is 1. The summed E-state index contributed by atoms with van der Waals surface area (Å²) in [6.07, 6.45) is 1.65. The van der Waals surface area contributed by atoms with Crippen LogP contribution in [0.1, 0.15) is 55.1 Å². The van der Waals surface area contributed by atoms with Gasteiger partial charge in [0.15, 0.2) is 5.78 Å². The summed E-state index contributed by atoms with van der Waals surface area (Å²) >= 11 is 5.95. The molecular formula is C23H27ClN2O4S. The number of ketones is 1. The SMILES string of the molecule is CCC(NC(=O)C1CCN(S(=O)(=O)c2cccc(C(C)=O)c2)CC1)c1ccc(Cl)cc1. The van der Waals surface area contributed by atoms with Gasteiger partial charge in [-0.1, -0.05) is 42.8 Å². The Hall–Kier alpha value is -2.22. The Bertz CT molecular complexity index is 1050. The molecule has 0 bridgehead atoms. The Morgan fingerprint density at radius 3 is 2.35 bits per heavy atom. The molecule has 0 aromatic heterocycles. The lowest BCUT2D eigenvalue weighted by Gasteiger charge is -2.31. The standard InChI is InChI=1S/C23H27ClN2O4S/c1-3-22(17-7-9-20(24)10-8-17)25-23(28)18-11-13-26(14-12-18)31(29,30)21-6-4-5-19(15-21)16(2)27/h4-10,15,18,22H,3,11-14H2,1-2H3,(H,25,28). The zero-order valence-electron chi connectivity index (χ0n) is 17.7. The Morgan fingerprint density at radius 2 is 1.77 bits per heavy atom. The highest BCUT2D eigenvalue weighted by atomic mass is 35.5. The van der Waals surface area contributed by atoms with Crippen molar-refractivity contribution < 1.29 is 18.0 Å². The van der Waals surface area contributed by atoms with Crippen LogP contribution in [0.25, 0.3) is 0 Å². The van der Waals surface area contributed by atoms with Gasteiger partial charge >= 0.3 is 0 Å². The summed E-state index contributed by atoms with van der Waals surface area (Å²) in [6, 6.07) is 13.4. The molecule has 2 aromatic rings. The van der Waals surface area contributed by atoms with Gasteiger partial charge in [-0.2, -0.15) is 4.31 Å². The molecule has 0 spiro atoms. The summed E-state index contributed by atoms with van der Waals surface area (Å²) in [5.41, 5.74) is 1.36. The number of piperidine rings is 1. The average Bonchev–Trinajstić information content (AvgIpc) is 2.78. The Balaban J connectivity index is 1.63. The van der Waals surface area contributed by atoms with Crippen molar-refractivity contribution >= 4 is 33.3 Å². The molecule has 1 unspecified atom stereocenters. The number of carbonyl (C=O) groups is 2. The topological polar surface area (TPSA) is 83.6 Å². The highest BCUT2D eigenvalue weighted by Gasteiger charge is 2.33. The van der Waals surface area contributed by atoms with Gasteiger partial charge in [-0.3, -0.25) is 9.59 Å². The van der Waals surface area contributed by atoms with Crippen molar-refractivity contribution in [1.82, 2.24) is 9.62 Å². The number of hydrogen-bond acceptors (Lipinski definition) is 4. The molecular weight excluding hydrogens is 436 g/mol. The highest BCUT2D eigenvalue weighted by molar-refractivity contribution is 7.89. The molecule has 1 aliphatic rings. The average molecular weight is 463 g/mol. The van der Waals surface area contributed by atoms with Gasteiger partial charge in [0.2, 0.25) is 15.9 Å². The third kappa shape index (κ3) is 5.53. The second-order valence-corrected chi connectivity index (χ2v) is 10.2. The molecule has 8 heteroatoms. The van der Waals surface area contributed by atoms with Crippen LogP contribution in [0.3, 0.4) is 0 Å². The predicted molar refractivity (Wildman–Crippen MR) is 121 cm³/mol. The molecule has 1 fully saturated rings. The maximum Gasteiger partial charge on any atom is 0.243 e. The van der Waals surface area contributed by atoms with Gasteiger partial charge in [-0.25, -0.2) is 8.42 Å². The smallest absolute Gasteiger partial charge is 0.243 e. The van der Waals surface area contributed by atoms with Gasteiger partial charge in [0, 0.05) is 29.6 Å². The Kier molecular flexibility index (Phi) is 7.51. The first-order valence-electron chi connectivity index (χ1n) is 10.4. The van der Waals surface area contributed by atoms with E-state index in [1.807, 2.05) is 19.1 Å². The number of nitrogens with one attached hydrogen (secondary N) is 1. The van der Waals surface area contributed by atoms with Crippen LogP contribution >= 0.6 is 11.6 Å². The lowest BCUT2D eigenvalue weighted by Crippen LogP contribution is -2.43. The van der Waals surface area contributed by atoms with Gasteiger partial charge in [0.1, 0.15) is 0 Å². The number of rotatable bonds is 7. The summed E-state index contributed by atoms with van der Waals surface area (Å²) in [4.78, 5) is 24.5. The first-order chi connectivity index (χ1) is 14.7. The number of halogens is 1. The van der Waals surface area contributed by atoms with Gasteiger partial charge in [0.05, 0.1) is 10.9 Å². The van der Waals surface area contributed by atoms with E-state index in [9.17, 15) is 18.0 Å². The highest BCUT2D eigenvalue weighted by Crippen LogP contribution is 2.26. The molecule has 1 N–H and O–H groups in total. The molecule has 6 nitrogen and oxygen atoms in total. The summed E-state index contributed by atoms with van der Waals surface area (Å²) < 4.78 is 27.4. The van der Waals surface area contributed by atoms with E-state index in [1.54, 1.807) is 24.3 Å². The summed E-state index contributed by atoms with van der Waals surface area (Å²) in [7, 11) is -3.71. The van der Waals surface area contributed by atoms with E-state index >= 15 is 0 Å². The molecule has 3 rings (SSSR count). The molecule has 1 aliphatic heterocycles. The molecule has 1 amide bonds. The lowest BCUT2D eigenvalue weighted by molar-refractivity contribution is -0.126. The molecule has 166 valence electrons. The molecule has 0 aliphatic carbocycles. The summed E-state index contributed by atoms with van der Waals surface area (Å²) in [6.45, 7) is 3.94. The zero-order valence-corrected chi connectivity index (χ0v) is 19.2. The second-order valence-electron chi connectivity index (χ2n) is 7.78. The van der Waals surface area contributed by atoms with Crippen LogP contribution in [-0.4, -0.2) is 37.5 Å². The second kappa shape index (κ2) is 9.94. The lowest BCUT2D eigenvalue weighted by atomic mass is 9.96. The fourth-order valence-corrected chi connectivity index (χ4v) is 5.43. The van der Waals surface area contributed by atoms with Crippen LogP contribution < -0.4 is 5.32 Å². The van der Waals surface area contributed by atoms with Gasteiger partial charge < -0.3 is 5.32 Å². The Morgan fingerprint density at radius 1 is 1.13 bits per heavy atom. The molecule has 1 heterocycles. The van der Waals surface area contributed by atoms with E-state index in [2.05, 4.69) is 5.32 Å². The van der Waals surface area contributed by atoms with E-state index in [0.717, 1.165) is 12.0 Å². The van der Waals surface area contributed by atoms with Crippen molar-refractivity contribution in [3.63, 3.8) is 0 Å². The van der Waals surface area contributed by atoms with Gasteiger partial charge in [-0.05, 0) is 56.0 Å². The van der Waals surface area contributed by atoms with Crippen LogP contribution in [-0.2, 0) is 14.8 Å². The van der Waals surface area contributed by atoms with Crippen molar-refractivity contribution in [2.75, 3.05) is 13.1 Å². The third-order valence-corrected chi connectivity index (χ3v) is 7.85. The van der Waals surface area contributed by atoms with E-state index in [-0.39, 0.29) is 41.6 Å². The number of Topliss-reactive ketones (excluding diaryl/α,β-unsaturated/α-hetero) is 1. The van der Waals surface area contributed by atoms with Crippen LogP contribution in [0.2, 0.25) is 5.02 Å². The molecule has 2 aromatic carbocycles. The quantitative estimate of drug-likeness (QED) is 0.624. The van der Waals surface area contributed by atoms with E-state index in [4.69, 9.17) is 11.6 Å². The molecule has 0 radical (unpaired) electrons. The van der Waals surface area contributed by atoms with Crippen LogP contribution in [0.15, 0.2) is 53.4 Å². The fourth-order valence-electron chi connectivity index (χ4n) is 3.79. The number of nitrogens with zero attached hydrogens (tertiary/aromatic N) is 1. The molecule has 0 saturated carbocycles. The van der Waals surface area contributed by atoms with E-state index in [0.29, 0.717) is 23.4 Å². The first-order valence-corrected chi connectivity index (χ1v) is 12.2. The van der Waals surface area contributed by atoms with Gasteiger partial charge in [0.25, 0.3) is 0 Å². The van der Waals surface area contributed by atoms with Crippen LogP contribution in [0.4, 0.5) is 0 Å². The minimum atomic E-state index is -3.71. The van der Waals surface area contributed by atoms with Crippen molar-refractivity contribution in [2.24, 2.45) is 5.92 Å². The zero-order chi connectivity index (χ0) is 22.6. The first kappa shape index (κ1) is 23.4. The maximum atomic E-state index is 13.0. The minimum Gasteiger partial charge on any atom is -0.349 e. The number of amides is 1. The Labute approximate surface area is 188 Å². The fraction of sp³-hybridized carbons (Fsp3) is 0.391. The molecule has 31 heavy (non-hydrogen) atoms. The third-order valence-electron chi connectivity index (χ3n) is 5.70. The maximum absolute atomic E-state index is 13.0. The molecule has 1 atom stereocenters. The van der Waals surface area contributed by atoms with Gasteiger partial charge in [-0.15, -0.1) is 0 Å².